The van der Waals surface area contributed by atoms with Crippen molar-refractivity contribution in [3.63, 3.8) is 0 Å². The van der Waals surface area contributed by atoms with Gasteiger partial charge in [0.1, 0.15) is 0 Å². The van der Waals surface area contributed by atoms with Gasteiger partial charge in [0.2, 0.25) is 0 Å². The molecular weight excluding hydrogens is 132 g/mol. The van der Waals surface area contributed by atoms with Gasteiger partial charge in [-0.05, 0) is 19.3 Å². The van der Waals surface area contributed by atoms with Crippen molar-refractivity contribution in [1.82, 2.24) is 0 Å². The highest BCUT2D eigenvalue weighted by Crippen LogP contribution is 2.11. The van der Waals surface area contributed by atoms with Crippen LogP contribution in [0.2, 0.25) is 0 Å². The summed E-state index contributed by atoms with van der Waals surface area (Å²) in [6, 6.07) is 0. The molecule has 0 N–H and O–H groups in total. The summed E-state index contributed by atoms with van der Waals surface area (Å²) in [7, 11) is 3.28. The summed E-state index contributed by atoms with van der Waals surface area (Å²) in [5, 5.41) is 0. The maximum Gasteiger partial charge on any atom is 0.305 e. The maximum atomic E-state index is 10.6. The first-order valence-electron chi connectivity index (χ1n) is 3.19. The van der Waals surface area contributed by atoms with Gasteiger partial charge in [-0.1, -0.05) is 0 Å². The summed E-state index contributed by atoms with van der Waals surface area (Å²) >= 11 is 0. The Morgan fingerprint density at radius 2 is 2.33 bits per heavy atom. The van der Waals surface area contributed by atoms with E-state index in [0.717, 1.165) is 19.3 Å². The lowest BCUT2D eigenvalue weighted by Crippen LogP contribution is -2.14. The number of hydrogen-bond donors (Lipinski definition) is 0. The molecule has 2 nitrogen and oxygen atoms in total. The number of rotatable bonds is 0. The molecule has 0 saturated carbocycles. The first kappa shape index (κ1) is 6.80. The third kappa shape index (κ3) is 2.18. The summed E-state index contributed by atoms with van der Waals surface area (Å²) in [4.78, 5) is 10.6. The Morgan fingerprint density at radius 1 is 1.56 bits per heavy atom. The molecule has 3 heteroatoms. The zero-order valence-corrected chi connectivity index (χ0v) is 6.22. The summed E-state index contributed by atoms with van der Waals surface area (Å²) in [6.45, 7) is 0. The summed E-state index contributed by atoms with van der Waals surface area (Å²) in [5.74, 6) is -0.0764. The Kier molecular flexibility index (Phi) is 2.27. The van der Waals surface area contributed by atoms with Crippen molar-refractivity contribution >= 4 is 16.2 Å². The predicted molar refractivity (Wildman–Crippen MR) is 34.1 cm³/mol. The van der Waals surface area contributed by atoms with Crippen LogP contribution in [0.1, 0.15) is 25.7 Å². The number of cyclic esters (lactones) is 1. The van der Waals surface area contributed by atoms with E-state index in [2.05, 4.69) is 10.2 Å². The number of carbonyl (C=O) groups excluding carboxylic acids is 1. The number of carbonyl (C=O) groups is 1. The molecule has 0 aromatic carbocycles. The van der Waals surface area contributed by atoms with Gasteiger partial charge >= 0.3 is 5.97 Å². The molecule has 0 spiro atoms. The van der Waals surface area contributed by atoms with Gasteiger partial charge in [0.25, 0.3) is 0 Å². The van der Waals surface area contributed by atoms with Crippen LogP contribution in [0.4, 0.5) is 0 Å². The SMILES string of the molecule is O=C1CCCCC([Si])O1. The Hall–Kier alpha value is -0.313. The van der Waals surface area contributed by atoms with Crippen LogP contribution < -0.4 is 0 Å². The summed E-state index contributed by atoms with van der Waals surface area (Å²) in [6.07, 6.45) is 3.59. The Balaban J connectivity index is 2.37. The van der Waals surface area contributed by atoms with E-state index in [1.54, 1.807) is 0 Å². The lowest BCUT2D eigenvalue weighted by molar-refractivity contribution is -0.144. The van der Waals surface area contributed by atoms with Crippen LogP contribution in [0.5, 0.6) is 0 Å². The van der Waals surface area contributed by atoms with Crippen molar-refractivity contribution < 1.29 is 9.53 Å². The molecule has 1 rings (SSSR count). The fourth-order valence-corrected chi connectivity index (χ4v) is 1.21. The topological polar surface area (TPSA) is 26.3 Å². The molecule has 1 aliphatic rings. The lowest BCUT2D eigenvalue weighted by atomic mass is 10.2. The van der Waals surface area contributed by atoms with Crippen LogP contribution >= 0.6 is 0 Å². The predicted octanol–water partition coefficient (Wildman–Crippen LogP) is 0.598. The average molecular weight is 141 g/mol. The van der Waals surface area contributed by atoms with E-state index in [0.29, 0.717) is 6.42 Å². The molecule has 1 saturated heterocycles. The first-order valence-corrected chi connectivity index (χ1v) is 3.77. The summed E-state index contributed by atoms with van der Waals surface area (Å²) < 4.78 is 4.89. The van der Waals surface area contributed by atoms with E-state index >= 15 is 0 Å². The molecule has 49 valence electrons. The van der Waals surface area contributed by atoms with Crippen molar-refractivity contribution in [2.75, 3.05) is 0 Å². The average Bonchev–Trinajstić information content (AvgIpc) is 1.93. The molecule has 0 amide bonds. The zero-order valence-electron chi connectivity index (χ0n) is 5.22. The van der Waals surface area contributed by atoms with Gasteiger partial charge in [0.15, 0.2) is 0 Å². The van der Waals surface area contributed by atoms with E-state index in [-0.39, 0.29) is 11.7 Å². The lowest BCUT2D eigenvalue weighted by Gasteiger charge is -2.06. The molecule has 0 bridgehead atoms. The fraction of sp³-hybridized carbons (Fsp3) is 0.833. The van der Waals surface area contributed by atoms with Crippen molar-refractivity contribution in [2.45, 2.75) is 31.4 Å². The highest BCUT2D eigenvalue weighted by Gasteiger charge is 2.12. The van der Waals surface area contributed by atoms with Gasteiger partial charge in [0, 0.05) is 6.42 Å². The number of esters is 1. The van der Waals surface area contributed by atoms with Crippen LogP contribution in [-0.4, -0.2) is 21.9 Å². The molecule has 1 heterocycles. The molecule has 0 aromatic heterocycles. The van der Waals surface area contributed by atoms with Gasteiger partial charge < -0.3 is 4.74 Å². The molecule has 1 atom stereocenters. The fourth-order valence-electron chi connectivity index (χ4n) is 0.876. The minimum atomic E-state index is -0.0764. The molecule has 1 aliphatic heterocycles. The molecule has 0 aliphatic carbocycles. The van der Waals surface area contributed by atoms with Crippen molar-refractivity contribution in [1.29, 1.82) is 0 Å². The van der Waals surface area contributed by atoms with Crippen LogP contribution in [0.15, 0.2) is 0 Å². The van der Waals surface area contributed by atoms with Crippen molar-refractivity contribution in [2.24, 2.45) is 0 Å². The van der Waals surface area contributed by atoms with Crippen LogP contribution in [-0.2, 0) is 9.53 Å². The third-order valence-electron chi connectivity index (χ3n) is 1.37. The first-order chi connectivity index (χ1) is 4.29. The quantitative estimate of drug-likeness (QED) is 0.365. The number of ether oxygens (including phenoxy) is 1. The van der Waals surface area contributed by atoms with E-state index in [4.69, 9.17) is 4.74 Å². The van der Waals surface area contributed by atoms with E-state index in [1.165, 1.54) is 0 Å². The van der Waals surface area contributed by atoms with Gasteiger partial charge in [0.05, 0.1) is 16.0 Å². The smallest absolute Gasteiger partial charge is 0.305 e. The molecule has 9 heavy (non-hydrogen) atoms. The molecule has 3 radical (unpaired) electrons. The minimum absolute atomic E-state index is 0.0417. The highest BCUT2D eigenvalue weighted by molar-refractivity contribution is 6.11. The Morgan fingerprint density at radius 3 is 3.11 bits per heavy atom. The standard InChI is InChI=1S/C6H9O2Si/c7-5-3-1-2-4-6(9)8-5/h6H,1-4H2. The second kappa shape index (κ2) is 3.01. The van der Waals surface area contributed by atoms with Crippen LogP contribution in [0.3, 0.4) is 0 Å². The van der Waals surface area contributed by atoms with E-state index < -0.39 is 0 Å². The number of hydrogen-bond acceptors (Lipinski definition) is 2. The third-order valence-corrected chi connectivity index (χ3v) is 1.78. The van der Waals surface area contributed by atoms with Gasteiger partial charge in [-0.25, -0.2) is 0 Å². The van der Waals surface area contributed by atoms with Gasteiger partial charge in [-0.2, -0.15) is 0 Å². The van der Waals surface area contributed by atoms with E-state index in [1.807, 2.05) is 0 Å². The second-order valence-corrected chi connectivity index (χ2v) is 2.87. The van der Waals surface area contributed by atoms with Crippen molar-refractivity contribution in [3.8, 4) is 0 Å². The highest BCUT2D eigenvalue weighted by atomic mass is 28.1. The largest absolute Gasteiger partial charge is 0.467 e. The normalized spacial score (nSPS) is 29.0. The van der Waals surface area contributed by atoms with E-state index in [9.17, 15) is 4.79 Å². The zero-order chi connectivity index (χ0) is 6.69. The Labute approximate surface area is 58.0 Å². The minimum Gasteiger partial charge on any atom is -0.467 e. The van der Waals surface area contributed by atoms with Gasteiger partial charge in [-0.15, -0.1) is 0 Å². The summed E-state index contributed by atoms with van der Waals surface area (Å²) in [5.41, 5.74) is -0.0417. The van der Waals surface area contributed by atoms with Crippen LogP contribution in [0.25, 0.3) is 0 Å². The monoisotopic (exact) mass is 141 g/mol. The van der Waals surface area contributed by atoms with Gasteiger partial charge in [-0.3, -0.25) is 4.79 Å². The molecule has 1 unspecified atom stereocenters. The van der Waals surface area contributed by atoms with Crippen LogP contribution in [0, 0.1) is 0 Å². The second-order valence-electron chi connectivity index (χ2n) is 2.22. The maximum absolute atomic E-state index is 10.6. The molecule has 0 aromatic rings. The van der Waals surface area contributed by atoms with Crippen molar-refractivity contribution in [3.05, 3.63) is 0 Å². The molecule has 1 fully saturated rings. The molecular formula is C6H9O2Si. The Bertz CT molecular complexity index is 114.